The first kappa shape index (κ1) is 14.0. The molecule has 0 aliphatic carbocycles. The zero-order valence-electron chi connectivity index (χ0n) is 9.71. The highest BCUT2D eigenvalue weighted by molar-refractivity contribution is 9.10. The lowest BCUT2D eigenvalue weighted by Crippen LogP contribution is -2.31. The second-order valence-corrected chi connectivity index (χ2v) is 5.22. The molecule has 0 aliphatic heterocycles. The summed E-state index contributed by atoms with van der Waals surface area (Å²) < 4.78 is 0.996. The third-order valence-electron chi connectivity index (χ3n) is 2.65. The Bertz CT molecular complexity index is 344. The molecule has 0 fully saturated rings. The van der Waals surface area contributed by atoms with E-state index in [0.29, 0.717) is 6.54 Å². The fourth-order valence-electron chi connectivity index (χ4n) is 1.82. The molecule has 16 heavy (non-hydrogen) atoms. The average molecular weight is 306 g/mol. The fraction of sp³-hybridized carbons (Fsp3) is 0.500. The molecule has 1 aromatic rings. The van der Waals surface area contributed by atoms with Crippen molar-refractivity contribution < 1.29 is 0 Å². The van der Waals surface area contributed by atoms with Gasteiger partial charge in [-0.25, -0.2) is 0 Å². The number of hydrogen-bond acceptors (Lipinski definition) is 2. The largest absolute Gasteiger partial charge is 0.329 e. The molecule has 0 aliphatic rings. The predicted molar refractivity (Wildman–Crippen MR) is 73.9 cm³/mol. The molecule has 2 nitrogen and oxygen atoms in total. The Labute approximate surface area is 111 Å². The minimum Gasteiger partial charge on any atom is -0.329 e. The smallest absolute Gasteiger partial charge is 0.0482 e. The third kappa shape index (κ3) is 3.45. The van der Waals surface area contributed by atoms with Gasteiger partial charge in [0.1, 0.15) is 0 Å². The van der Waals surface area contributed by atoms with Crippen LogP contribution in [0.15, 0.2) is 22.7 Å². The monoisotopic (exact) mass is 304 g/mol. The van der Waals surface area contributed by atoms with Gasteiger partial charge in [-0.05, 0) is 37.7 Å². The summed E-state index contributed by atoms with van der Waals surface area (Å²) in [5.41, 5.74) is 6.93. The van der Waals surface area contributed by atoms with Crippen LogP contribution in [-0.2, 0) is 0 Å². The second-order valence-electron chi connectivity index (χ2n) is 3.90. The average Bonchev–Trinajstić information content (AvgIpc) is 2.22. The summed E-state index contributed by atoms with van der Waals surface area (Å²) in [6, 6.07) is 6.15. The lowest BCUT2D eigenvalue weighted by atomic mass is 10.1. The van der Waals surface area contributed by atoms with E-state index in [1.165, 1.54) is 0 Å². The maximum atomic E-state index is 6.24. The molecule has 0 amide bonds. The topological polar surface area (TPSA) is 29.3 Å². The normalized spacial score (nSPS) is 13.1. The van der Waals surface area contributed by atoms with E-state index in [1.807, 2.05) is 18.2 Å². The van der Waals surface area contributed by atoms with E-state index in [1.54, 1.807) is 0 Å². The molecule has 0 heterocycles. The summed E-state index contributed by atoms with van der Waals surface area (Å²) in [5, 5.41) is 0.771. The minimum atomic E-state index is 0.195. The van der Waals surface area contributed by atoms with E-state index < -0.39 is 0 Å². The van der Waals surface area contributed by atoms with Crippen molar-refractivity contribution >= 4 is 27.5 Å². The summed E-state index contributed by atoms with van der Waals surface area (Å²) in [5.74, 6) is 0. The maximum absolute atomic E-state index is 6.24. The van der Waals surface area contributed by atoms with E-state index in [-0.39, 0.29) is 6.04 Å². The van der Waals surface area contributed by atoms with E-state index in [0.717, 1.165) is 28.0 Å². The van der Waals surface area contributed by atoms with Gasteiger partial charge in [0.2, 0.25) is 0 Å². The van der Waals surface area contributed by atoms with Crippen LogP contribution in [0.1, 0.15) is 24.9 Å². The van der Waals surface area contributed by atoms with Crippen molar-refractivity contribution in [3.63, 3.8) is 0 Å². The molecule has 90 valence electrons. The number of halogens is 2. The van der Waals surface area contributed by atoms with Gasteiger partial charge in [-0.15, -0.1) is 0 Å². The lowest BCUT2D eigenvalue weighted by molar-refractivity contribution is 0.251. The highest BCUT2D eigenvalue weighted by atomic mass is 79.9. The SMILES string of the molecule is CCCN(C)C(CN)c1ccc(Br)cc1Cl. The van der Waals surface area contributed by atoms with Gasteiger partial charge in [0, 0.05) is 22.1 Å². The van der Waals surface area contributed by atoms with Crippen LogP contribution in [0.25, 0.3) is 0 Å². The summed E-state index contributed by atoms with van der Waals surface area (Å²) in [6.45, 7) is 3.76. The Morgan fingerprint density at radius 3 is 2.69 bits per heavy atom. The first-order valence-electron chi connectivity index (χ1n) is 5.45. The van der Waals surface area contributed by atoms with Gasteiger partial charge in [-0.3, -0.25) is 4.90 Å². The predicted octanol–water partition coefficient (Wildman–Crippen LogP) is 3.44. The number of nitrogens with two attached hydrogens (primary N) is 1. The highest BCUT2D eigenvalue weighted by Gasteiger charge is 2.17. The van der Waals surface area contributed by atoms with Crippen LogP contribution in [0.3, 0.4) is 0 Å². The Balaban J connectivity index is 2.94. The molecule has 0 spiro atoms. The van der Waals surface area contributed by atoms with Crippen molar-refractivity contribution in [1.82, 2.24) is 4.90 Å². The van der Waals surface area contributed by atoms with Crippen molar-refractivity contribution in [3.05, 3.63) is 33.3 Å². The molecular formula is C12H18BrClN2. The van der Waals surface area contributed by atoms with Gasteiger partial charge in [-0.2, -0.15) is 0 Å². The summed E-state index contributed by atoms with van der Waals surface area (Å²) in [7, 11) is 2.08. The van der Waals surface area contributed by atoms with Crippen molar-refractivity contribution in [2.24, 2.45) is 5.73 Å². The molecule has 0 saturated carbocycles. The summed E-state index contributed by atoms with van der Waals surface area (Å²) in [6.07, 6.45) is 1.11. The van der Waals surface area contributed by atoms with Gasteiger partial charge in [0.05, 0.1) is 0 Å². The molecule has 2 N–H and O–H groups in total. The number of likely N-dealkylation sites (N-methyl/N-ethyl adjacent to an activating group) is 1. The summed E-state index contributed by atoms with van der Waals surface area (Å²) in [4.78, 5) is 2.25. The van der Waals surface area contributed by atoms with E-state index in [4.69, 9.17) is 17.3 Å². The lowest BCUT2D eigenvalue weighted by Gasteiger charge is -2.27. The summed E-state index contributed by atoms with van der Waals surface area (Å²) >= 11 is 9.64. The molecule has 0 radical (unpaired) electrons. The van der Waals surface area contributed by atoms with Crippen molar-refractivity contribution in [3.8, 4) is 0 Å². The Kier molecular flexibility index (Phi) is 5.76. The third-order valence-corrected chi connectivity index (χ3v) is 3.47. The van der Waals surface area contributed by atoms with Gasteiger partial charge >= 0.3 is 0 Å². The van der Waals surface area contributed by atoms with Gasteiger partial charge in [0.25, 0.3) is 0 Å². The molecular weight excluding hydrogens is 288 g/mol. The zero-order chi connectivity index (χ0) is 12.1. The van der Waals surface area contributed by atoms with Crippen LogP contribution >= 0.6 is 27.5 Å². The molecule has 1 aromatic carbocycles. The van der Waals surface area contributed by atoms with Crippen molar-refractivity contribution in [1.29, 1.82) is 0 Å². The zero-order valence-corrected chi connectivity index (χ0v) is 12.1. The first-order chi connectivity index (χ1) is 7.60. The van der Waals surface area contributed by atoms with Crippen molar-refractivity contribution in [2.45, 2.75) is 19.4 Å². The van der Waals surface area contributed by atoms with Crippen LogP contribution in [0.2, 0.25) is 5.02 Å². The molecule has 1 unspecified atom stereocenters. The minimum absolute atomic E-state index is 0.195. The molecule has 1 rings (SSSR count). The van der Waals surface area contributed by atoms with Gasteiger partial charge in [0.15, 0.2) is 0 Å². The van der Waals surface area contributed by atoms with Crippen LogP contribution < -0.4 is 5.73 Å². The highest BCUT2D eigenvalue weighted by Crippen LogP contribution is 2.28. The van der Waals surface area contributed by atoms with Crippen LogP contribution in [0.4, 0.5) is 0 Å². The molecule has 1 atom stereocenters. The Hall–Kier alpha value is -0.0900. The first-order valence-corrected chi connectivity index (χ1v) is 6.62. The second kappa shape index (κ2) is 6.60. The molecule has 4 heteroatoms. The Morgan fingerprint density at radius 2 is 2.19 bits per heavy atom. The molecule has 0 saturated heterocycles. The standard InChI is InChI=1S/C12H18BrClN2/c1-3-6-16(2)12(8-15)10-5-4-9(13)7-11(10)14/h4-5,7,12H,3,6,8,15H2,1-2H3. The van der Waals surface area contributed by atoms with Crippen LogP contribution in [-0.4, -0.2) is 25.0 Å². The number of nitrogens with zero attached hydrogens (tertiary/aromatic N) is 1. The van der Waals surface area contributed by atoms with Crippen molar-refractivity contribution in [2.75, 3.05) is 20.1 Å². The Morgan fingerprint density at radius 1 is 1.50 bits per heavy atom. The molecule has 0 aromatic heterocycles. The van der Waals surface area contributed by atoms with E-state index in [2.05, 4.69) is 34.8 Å². The number of hydrogen-bond donors (Lipinski definition) is 1. The van der Waals surface area contributed by atoms with E-state index in [9.17, 15) is 0 Å². The number of benzene rings is 1. The van der Waals surface area contributed by atoms with Gasteiger partial charge < -0.3 is 5.73 Å². The number of rotatable bonds is 5. The van der Waals surface area contributed by atoms with Crippen LogP contribution in [0, 0.1) is 0 Å². The molecule has 0 bridgehead atoms. The maximum Gasteiger partial charge on any atom is 0.0482 e. The van der Waals surface area contributed by atoms with Gasteiger partial charge in [-0.1, -0.05) is 40.5 Å². The van der Waals surface area contributed by atoms with E-state index >= 15 is 0 Å². The fourth-order valence-corrected chi connectivity index (χ4v) is 2.62. The van der Waals surface area contributed by atoms with Crippen LogP contribution in [0.5, 0.6) is 0 Å². The quantitative estimate of drug-likeness (QED) is 0.903.